The maximum absolute atomic E-state index is 13.1. The van der Waals surface area contributed by atoms with Gasteiger partial charge in [-0.2, -0.15) is 4.98 Å². The fraction of sp³-hybridized carbons (Fsp3) is 0.808. The lowest BCUT2D eigenvalue weighted by Gasteiger charge is -2.47. The lowest BCUT2D eigenvalue weighted by molar-refractivity contribution is -0.285. The molecule has 3 rings (SSSR count). The van der Waals surface area contributed by atoms with Crippen LogP contribution in [0.2, 0.25) is 0 Å². The minimum atomic E-state index is -4.92. The van der Waals surface area contributed by atoms with Gasteiger partial charge in [-0.15, -0.1) is 0 Å². The second kappa shape index (κ2) is 15.0. The van der Waals surface area contributed by atoms with Gasteiger partial charge in [0, 0.05) is 18.5 Å². The third kappa shape index (κ3) is 9.26. The monoisotopic (exact) mass is 651 g/mol. The highest BCUT2D eigenvalue weighted by Crippen LogP contribution is 2.51. The molecule has 0 bridgehead atoms. The fourth-order valence-electron chi connectivity index (χ4n) is 5.29. The van der Waals surface area contributed by atoms with Crippen LogP contribution in [0.15, 0.2) is 17.1 Å². The van der Waals surface area contributed by atoms with Gasteiger partial charge in [-0.1, -0.05) is 27.7 Å². The van der Waals surface area contributed by atoms with Crippen molar-refractivity contribution in [2.24, 2.45) is 17.8 Å². The van der Waals surface area contributed by atoms with E-state index in [1.807, 2.05) is 27.7 Å². The minimum Gasteiger partial charge on any atom is -0.394 e. The SMILES string of the molecule is CC(C)CNCC(=O)NC1C(O)CC(C)(OP(=O)(O)OCC2OC(n3ccc(N)nc3=O)C(C)C2C)OC1C(O)C(O)CO. The summed E-state index contributed by atoms with van der Waals surface area (Å²) < 4.78 is 36.7. The number of anilines is 1. The molecular weight excluding hydrogens is 605 g/mol. The molecular formula is C26H46N5O12P. The number of nitrogens with zero attached hydrogens (tertiary/aromatic N) is 2. The van der Waals surface area contributed by atoms with Crippen molar-refractivity contribution < 1.29 is 53.2 Å². The Hall–Kier alpha value is -2.02. The van der Waals surface area contributed by atoms with E-state index in [9.17, 15) is 39.5 Å². The summed E-state index contributed by atoms with van der Waals surface area (Å²) in [6.45, 7) is 7.96. The standard InChI is InChI=1S/C26H46N5O12P/c1-13(2)9-28-10-20(35)30-21-16(33)8-26(5,42-23(21)22(36)17(34)11-32)43-44(38,39)40-12-18-14(3)15(4)24(41-18)31-7-6-19(27)29-25(31)37/h6-7,13-18,21-24,28,32-34,36H,8-12H2,1-5H3,(H,30,35)(H,38,39)(H2,27,29,37). The van der Waals surface area contributed by atoms with E-state index < -0.39 is 87.6 Å². The first kappa shape index (κ1) is 36.4. The number of rotatable bonds is 14. The van der Waals surface area contributed by atoms with E-state index in [1.54, 1.807) is 0 Å². The van der Waals surface area contributed by atoms with Gasteiger partial charge in [-0.05, 0) is 31.4 Å². The normalized spacial score (nSPS) is 33.6. The second-order valence-corrected chi connectivity index (χ2v) is 13.4. The number of hydrogen-bond donors (Lipinski definition) is 8. The zero-order chi connectivity index (χ0) is 33.0. The summed E-state index contributed by atoms with van der Waals surface area (Å²) in [4.78, 5) is 39.2. The van der Waals surface area contributed by atoms with E-state index in [1.165, 1.54) is 23.8 Å². The average molecular weight is 652 g/mol. The molecule has 1 aromatic rings. The van der Waals surface area contributed by atoms with Crippen LogP contribution in [0.3, 0.4) is 0 Å². The number of aliphatic hydroxyl groups is 4. The van der Waals surface area contributed by atoms with Crippen molar-refractivity contribution in [2.75, 3.05) is 32.0 Å². The van der Waals surface area contributed by atoms with Crippen molar-refractivity contribution in [3.63, 3.8) is 0 Å². The summed E-state index contributed by atoms with van der Waals surface area (Å²) in [5.41, 5.74) is 4.95. The molecule has 2 aliphatic rings. The summed E-state index contributed by atoms with van der Waals surface area (Å²) in [6, 6.07) is 0.178. The zero-order valence-corrected chi connectivity index (χ0v) is 26.4. The predicted octanol–water partition coefficient (Wildman–Crippen LogP) is -1.56. The number of nitrogens with two attached hydrogens (primary N) is 1. The number of nitrogens with one attached hydrogen (secondary N) is 2. The first-order chi connectivity index (χ1) is 20.5. The van der Waals surface area contributed by atoms with Gasteiger partial charge in [-0.3, -0.25) is 18.4 Å². The number of aliphatic hydroxyl groups excluding tert-OH is 4. The summed E-state index contributed by atoms with van der Waals surface area (Å²) >= 11 is 0. The van der Waals surface area contributed by atoms with E-state index in [4.69, 9.17) is 24.3 Å². The molecule has 9 N–H and O–H groups in total. The number of hydrogen-bond acceptors (Lipinski definition) is 14. The lowest BCUT2D eigenvalue weighted by Crippen LogP contribution is -2.66. The Bertz CT molecular complexity index is 1220. The van der Waals surface area contributed by atoms with Gasteiger partial charge in [0.1, 0.15) is 30.4 Å². The van der Waals surface area contributed by atoms with Gasteiger partial charge >= 0.3 is 13.5 Å². The van der Waals surface area contributed by atoms with Crippen molar-refractivity contribution >= 4 is 19.5 Å². The van der Waals surface area contributed by atoms with Crippen LogP contribution in [0.1, 0.15) is 47.3 Å². The quantitative estimate of drug-likeness (QED) is 0.106. The van der Waals surface area contributed by atoms with Crippen LogP contribution in [0.25, 0.3) is 0 Å². The van der Waals surface area contributed by atoms with Gasteiger partial charge in [0.05, 0.1) is 38.0 Å². The molecule has 11 unspecified atom stereocenters. The molecule has 1 aromatic heterocycles. The molecule has 11 atom stereocenters. The van der Waals surface area contributed by atoms with Crippen LogP contribution < -0.4 is 22.1 Å². The van der Waals surface area contributed by atoms with Crippen molar-refractivity contribution in [1.29, 1.82) is 0 Å². The zero-order valence-electron chi connectivity index (χ0n) is 25.5. The highest BCUT2D eigenvalue weighted by Gasteiger charge is 2.52. The van der Waals surface area contributed by atoms with Gasteiger partial charge in [-0.25, -0.2) is 9.36 Å². The number of ether oxygens (including phenoxy) is 2. The molecule has 0 radical (unpaired) electrons. The van der Waals surface area contributed by atoms with E-state index in [0.717, 1.165) is 0 Å². The topological polar surface area (TPSA) is 257 Å². The van der Waals surface area contributed by atoms with Gasteiger partial charge in [0.2, 0.25) is 5.91 Å². The van der Waals surface area contributed by atoms with Gasteiger partial charge < -0.3 is 51.2 Å². The van der Waals surface area contributed by atoms with Crippen molar-refractivity contribution in [3.8, 4) is 0 Å². The number of phosphoric ester groups is 1. The molecule has 0 spiro atoms. The van der Waals surface area contributed by atoms with E-state index in [0.29, 0.717) is 6.54 Å². The molecule has 1 amide bonds. The molecule has 2 saturated heterocycles. The summed E-state index contributed by atoms with van der Waals surface area (Å²) in [7, 11) is -4.92. The first-order valence-electron chi connectivity index (χ1n) is 14.5. The number of aromatic nitrogens is 2. The average Bonchev–Trinajstić information content (AvgIpc) is 3.20. The Labute approximate surface area is 255 Å². The molecule has 3 heterocycles. The molecule has 18 heteroatoms. The van der Waals surface area contributed by atoms with Crippen molar-refractivity contribution in [1.82, 2.24) is 20.2 Å². The Balaban J connectivity index is 1.68. The fourth-order valence-corrected chi connectivity index (χ4v) is 6.28. The van der Waals surface area contributed by atoms with Crippen molar-refractivity contribution in [3.05, 3.63) is 22.7 Å². The van der Waals surface area contributed by atoms with E-state index in [-0.39, 0.29) is 30.1 Å². The molecule has 44 heavy (non-hydrogen) atoms. The molecule has 0 aromatic carbocycles. The van der Waals surface area contributed by atoms with Gasteiger partial charge in [0.25, 0.3) is 0 Å². The Morgan fingerprint density at radius 1 is 1.32 bits per heavy atom. The number of nitrogen functional groups attached to an aromatic ring is 1. The number of phosphoric acid groups is 1. The van der Waals surface area contributed by atoms with E-state index in [2.05, 4.69) is 15.6 Å². The van der Waals surface area contributed by atoms with Crippen LogP contribution in [0.5, 0.6) is 0 Å². The van der Waals surface area contributed by atoms with E-state index >= 15 is 0 Å². The molecule has 0 aliphatic carbocycles. The number of amides is 1. The minimum absolute atomic E-state index is 0.0553. The Morgan fingerprint density at radius 3 is 2.61 bits per heavy atom. The summed E-state index contributed by atoms with van der Waals surface area (Å²) in [5, 5.41) is 46.6. The third-order valence-corrected chi connectivity index (χ3v) is 8.93. The lowest BCUT2D eigenvalue weighted by atomic mass is 9.89. The molecule has 0 saturated carbocycles. The van der Waals surface area contributed by atoms with Crippen molar-refractivity contribution in [2.45, 2.75) is 89.6 Å². The Kier molecular flexibility index (Phi) is 12.5. The van der Waals surface area contributed by atoms with Crippen LogP contribution in [0, 0.1) is 17.8 Å². The second-order valence-electron chi connectivity index (χ2n) is 12.0. The molecule has 17 nitrogen and oxygen atoms in total. The summed E-state index contributed by atoms with van der Waals surface area (Å²) in [5.74, 6) is -2.69. The van der Waals surface area contributed by atoms with Crippen LogP contribution in [-0.2, 0) is 27.9 Å². The smallest absolute Gasteiger partial charge is 0.394 e. The van der Waals surface area contributed by atoms with Gasteiger partial charge in [0.15, 0.2) is 5.79 Å². The van der Waals surface area contributed by atoms with Crippen LogP contribution >= 0.6 is 7.82 Å². The number of carbonyl (C=O) groups is 1. The summed E-state index contributed by atoms with van der Waals surface area (Å²) in [6.07, 6.45) is -7.05. The van der Waals surface area contributed by atoms with Crippen LogP contribution in [-0.4, -0.2) is 109 Å². The number of carbonyl (C=O) groups excluding carboxylic acids is 1. The highest BCUT2D eigenvalue weighted by molar-refractivity contribution is 7.47. The maximum Gasteiger partial charge on any atom is 0.474 e. The molecule has 2 aliphatic heterocycles. The highest BCUT2D eigenvalue weighted by atomic mass is 31.2. The molecule has 2 fully saturated rings. The largest absolute Gasteiger partial charge is 0.474 e. The van der Waals surface area contributed by atoms with Crippen LogP contribution in [0.4, 0.5) is 5.82 Å². The first-order valence-corrected chi connectivity index (χ1v) is 16.0. The molecule has 252 valence electrons. The third-order valence-electron chi connectivity index (χ3n) is 7.83. The Morgan fingerprint density at radius 2 is 2.00 bits per heavy atom. The maximum atomic E-state index is 13.1. The predicted molar refractivity (Wildman–Crippen MR) is 155 cm³/mol.